The zero-order chi connectivity index (χ0) is 27.5. The van der Waals surface area contributed by atoms with Crippen LogP contribution in [0.5, 0.6) is 0 Å². The van der Waals surface area contributed by atoms with Gasteiger partial charge >= 0.3 is 6.09 Å². The molecule has 0 N–H and O–H groups in total. The molecule has 37 heavy (non-hydrogen) atoms. The van der Waals surface area contributed by atoms with E-state index in [0.29, 0.717) is 32.0 Å². The smallest absolute Gasteiger partial charge is 0.410 e. The van der Waals surface area contributed by atoms with Crippen molar-refractivity contribution >= 4 is 29.8 Å². The van der Waals surface area contributed by atoms with Crippen LogP contribution in [-0.4, -0.2) is 76.9 Å². The van der Waals surface area contributed by atoms with Gasteiger partial charge in [0.1, 0.15) is 11.4 Å². The summed E-state index contributed by atoms with van der Waals surface area (Å²) < 4.78 is 5.55. The number of rotatable bonds is 5. The Kier molecular flexibility index (Phi) is 8.56. The van der Waals surface area contributed by atoms with Gasteiger partial charge in [0, 0.05) is 45.1 Å². The first-order valence-corrected chi connectivity index (χ1v) is 12.8. The molecule has 0 aromatic carbocycles. The number of ether oxygens (including phenoxy) is 1. The monoisotopic (exact) mass is 508 g/mol. The van der Waals surface area contributed by atoms with E-state index in [1.54, 1.807) is 23.0 Å². The lowest BCUT2D eigenvalue weighted by atomic mass is 10.0. The standard InChI is InChI=1S/C28H40N6O3/c1-18(2)23-24(19(3)10-11-30-23)34(17-35)26-22(16-20(4)21(5)31-26)25(29-9)32-12-14-33(15-13-32)27(36)37-28(6,7)8/h10-11,16-18H,12-15H2,1-9H3. The molecule has 9 heteroatoms. The number of aryl methyl sites for hydroxylation is 3. The Hall–Kier alpha value is -3.49. The first kappa shape index (κ1) is 28.1. The van der Waals surface area contributed by atoms with E-state index in [0.717, 1.165) is 46.0 Å². The van der Waals surface area contributed by atoms with Crippen LogP contribution >= 0.6 is 0 Å². The maximum atomic E-state index is 12.6. The van der Waals surface area contributed by atoms with Crippen molar-refractivity contribution in [3.05, 3.63) is 46.4 Å². The minimum Gasteiger partial charge on any atom is -0.444 e. The third-order valence-corrected chi connectivity index (χ3v) is 6.41. The quantitative estimate of drug-likeness (QED) is 0.329. The molecule has 0 unspecified atom stereocenters. The predicted molar refractivity (Wildman–Crippen MR) is 147 cm³/mol. The highest BCUT2D eigenvalue weighted by atomic mass is 16.6. The van der Waals surface area contributed by atoms with Crippen LogP contribution in [0, 0.1) is 20.8 Å². The summed E-state index contributed by atoms with van der Waals surface area (Å²) in [6, 6.07) is 3.95. The molecule has 1 aliphatic rings. The molecular weight excluding hydrogens is 468 g/mol. The van der Waals surface area contributed by atoms with Crippen molar-refractivity contribution < 1.29 is 14.3 Å². The average molecular weight is 509 g/mol. The summed E-state index contributed by atoms with van der Waals surface area (Å²) >= 11 is 0. The Bertz CT molecular complexity index is 1180. The number of carbonyl (C=O) groups is 2. The number of amidine groups is 1. The van der Waals surface area contributed by atoms with E-state index in [1.165, 1.54) is 0 Å². The van der Waals surface area contributed by atoms with Crippen molar-refractivity contribution in [2.45, 2.75) is 66.9 Å². The van der Waals surface area contributed by atoms with Crippen molar-refractivity contribution in [2.24, 2.45) is 4.99 Å². The number of hydrogen-bond acceptors (Lipinski definition) is 6. The Morgan fingerprint density at radius 1 is 1.11 bits per heavy atom. The van der Waals surface area contributed by atoms with Crippen LogP contribution in [0.2, 0.25) is 0 Å². The number of nitrogens with zero attached hydrogens (tertiary/aromatic N) is 6. The molecule has 2 amide bonds. The average Bonchev–Trinajstić information content (AvgIpc) is 2.82. The molecule has 1 aliphatic heterocycles. The Balaban J connectivity index is 2.01. The minimum atomic E-state index is -0.540. The lowest BCUT2D eigenvalue weighted by Gasteiger charge is -2.37. The third-order valence-electron chi connectivity index (χ3n) is 6.41. The maximum Gasteiger partial charge on any atom is 0.410 e. The van der Waals surface area contributed by atoms with Gasteiger partial charge in [0.15, 0.2) is 5.82 Å². The highest BCUT2D eigenvalue weighted by molar-refractivity contribution is 6.06. The normalized spacial score (nSPS) is 14.7. The van der Waals surface area contributed by atoms with Gasteiger partial charge in [-0.15, -0.1) is 0 Å². The van der Waals surface area contributed by atoms with E-state index in [9.17, 15) is 9.59 Å². The van der Waals surface area contributed by atoms with Gasteiger partial charge in [-0.25, -0.2) is 9.78 Å². The van der Waals surface area contributed by atoms with Gasteiger partial charge in [-0.3, -0.25) is 19.7 Å². The number of carbonyl (C=O) groups excluding carboxylic acids is 2. The third kappa shape index (κ3) is 6.26. The lowest BCUT2D eigenvalue weighted by molar-refractivity contribution is -0.106. The molecule has 200 valence electrons. The number of aliphatic imine (C=N–C) groups is 1. The summed E-state index contributed by atoms with van der Waals surface area (Å²) in [6.07, 6.45) is 2.27. The van der Waals surface area contributed by atoms with Gasteiger partial charge in [-0.1, -0.05) is 13.8 Å². The van der Waals surface area contributed by atoms with Gasteiger partial charge in [-0.2, -0.15) is 0 Å². The summed E-state index contributed by atoms with van der Waals surface area (Å²) in [6.45, 7) is 17.8. The minimum absolute atomic E-state index is 0.118. The second-order valence-electron chi connectivity index (χ2n) is 10.8. The molecule has 2 aromatic heterocycles. The fourth-order valence-electron chi connectivity index (χ4n) is 4.42. The fourth-order valence-corrected chi connectivity index (χ4v) is 4.42. The molecule has 0 radical (unpaired) electrons. The van der Waals surface area contributed by atoms with Gasteiger partial charge in [0.05, 0.1) is 16.9 Å². The highest BCUT2D eigenvalue weighted by Gasteiger charge is 2.30. The molecule has 2 aromatic rings. The number of amides is 2. The Morgan fingerprint density at radius 2 is 1.73 bits per heavy atom. The van der Waals surface area contributed by atoms with Gasteiger partial charge in [-0.05, 0) is 70.7 Å². The molecule has 1 saturated heterocycles. The Labute approximate surface area is 220 Å². The number of piperazine rings is 1. The van der Waals surface area contributed by atoms with Crippen LogP contribution in [0.25, 0.3) is 0 Å². The molecule has 3 rings (SSSR count). The van der Waals surface area contributed by atoms with E-state index >= 15 is 0 Å². The van der Waals surface area contributed by atoms with Crippen molar-refractivity contribution in [3.63, 3.8) is 0 Å². The molecule has 9 nitrogen and oxygen atoms in total. The van der Waals surface area contributed by atoms with Crippen LogP contribution in [0.3, 0.4) is 0 Å². The molecule has 1 fully saturated rings. The summed E-state index contributed by atoms with van der Waals surface area (Å²) in [5, 5.41) is 0. The molecule has 0 aliphatic carbocycles. The van der Waals surface area contributed by atoms with Crippen LogP contribution in [-0.2, 0) is 9.53 Å². The fraction of sp³-hybridized carbons (Fsp3) is 0.536. The number of aromatic nitrogens is 2. The van der Waals surface area contributed by atoms with Gasteiger partial charge in [0.25, 0.3) is 0 Å². The van der Waals surface area contributed by atoms with Crippen LogP contribution in [0.15, 0.2) is 23.3 Å². The van der Waals surface area contributed by atoms with E-state index in [1.807, 2.05) is 53.7 Å². The van der Waals surface area contributed by atoms with E-state index in [4.69, 9.17) is 9.72 Å². The second-order valence-corrected chi connectivity index (χ2v) is 10.8. The lowest BCUT2D eigenvalue weighted by Crippen LogP contribution is -2.52. The van der Waals surface area contributed by atoms with E-state index < -0.39 is 5.60 Å². The van der Waals surface area contributed by atoms with Crippen molar-refractivity contribution in [3.8, 4) is 0 Å². The summed E-state index contributed by atoms with van der Waals surface area (Å²) in [5.74, 6) is 1.37. The van der Waals surface area contributed by atoms with Crippen LogP contribution in [0.4, 0.5) is 16.3 Å². The zero-order valence-corrected chi connectivity index (χ0v) is 23.6. The SMILES string of the molecule is CN=C(c1cc(C)c(C)nc1N(C=O)c1c(C)ccnc1C(C)C)N1CCN(C(=O)OC(C)(C)C)CC1. The number of hydrogen-bond donors (Lipinski definition) is 0. The first-order chi connectivity index (χ1) is 17.4. The number of pyridine rings is 2. The first-order valence-electron chi connectivity index (χ1n) is 12.8. The number of anilines is 2. The summed E-state index contributed by atoms with van der Waals surface area (Å²) in [4.78, 5) is 44.8. The molecule has 0 bridgehead atoms. The Morgan fingerprint density at radius 3 is 2.27 bits per heavy atom. The molecule has 0 saturated carbocycles. The van der Waals surface area contributed by atoms with Gasteiger partial charge < -0.3 is 14.5 Å². The van der Waals surface area contributed by atoms with E-state index in [2.05, 4.69) is 28.7 Å². The van der Waals surface area contributed by atoms with Crippen LogP contribution < -0.4 is 4.90 Å². The second kappa shape index (κ2) is 11.3. The summed E-state index contributed by atoms with van der Waals surface area (Å²) in [7, 11) is 1.74. The zero-order valence-electron chi connectivity index (χ0n) is 23.6. The summed E-state index contributed by atoms with van der Waals surface area (Å²) in [5.41, 5.74) is 4.59. The van der Waals surface area contributed by atoms with Crippen molar-refractivity contribution in [1.82, 2.24) is 19.8 Å². The van der Waals surface area contributed by atoms with Crippen LogP contribution in [0.1, 0.15) is 68.6 Å². The largest absolute Gasteiger partial charge is 0.444 e. The van der Waals surface area contributed by atoms with E-state index in [-0.39, 0.29) is 12.0 Å². The molecular formula is C28H40N6O3. The molecule has 0 spiro atoms. The van der Waals surface area contributed by atoms with Crippen molar-refractivity contribution in [2.75, 3.05) is 38.1 Å². The van der Waals surface area contributed by atoms with Crippen molar-refractivity contribution in [1.29, 1.82) is 0 Å². The molecule has 0 atom stereocenters. The topological polar surface area (TPSA) is 91.2 Å². The molecule has 3 heterocycles. The maximum absolute atomic E-state index is 12.6. The highest BCUT2D eigenvalue weighted by Crippen LogP contribution is 2.35. The predicted octanol–water partition coefficient (Wildman–Crippen LogP) is 4.75. The van der Waals surface area contributed by atoms with Gasteiger partial charge in [0.2, 0.25) is 6.41 Å².